The third-order valence-corrected chi connectivity index (χ3v) is 2.79. The van der Waals surface area contributed by atoms with Gasteiger partial charge >= 0.3 is 0 Å². The van der Waals surface area contributed by atoms with Crippen molar-refractivity contribution < 1.29 is 9.59 Å². The van der Waals surface area contributed by atoms with Crippen molar-refractivity contribution in [1.82, 2.24) is 4.90 Å². The van der Waals surface area contributed by atoms with Crippen LogP contribution in [0.15, 0.2) is 11.6 Å². The van der Waals surface area contributed by atoms with Crippen molar-refractivity contribution in [3.63, 3.8) is 0 Å². The van der Waals surface area contributed by atoms with E-state index in [4.69, 9.17) is 0 Å². The average Bonchev–Trinajstić information content (AvgIpc) is 2.15. The largest absolute Gasteiger partial charge is 0.325 e. The van der Waals surface area contributed by atoms with Crippen LogP contribution in [0.3, 0.4) is 0 Å². The molecular weight excluding hydrogens is 178 g/mol. The van der Waals surface area contributed by atoms with Gasteiger partial charge in [-0.1, -0.05) is 6.08 Å². The van der Waals surface area contributed by atoms with Crippen LogP contribution >= 0.6 is 0 Å². The van der Waals surface area contributed by atoms with E-state index >= 15 is 0 Å². The molecular formula is C11H17NO2. The van der Waals surface area contributed by atoms with Crippen LogP contribution in [0.2, 0.25) is 0 Å². The van der Waals surface area contributed by atoms with Gasteiger partial charge in [0.1, 0.15) is 6.29 Å². The van der Waals surface area contributed by atoms with E-state index in [-0.39, 0.29) is 11.4 Å². The second-order valence-corrected chi connectivity index (χ2v) is 4.78. The van der Waals surface area contributed by atoms with E-state index in [1.807, 2.05) is 33.8 Å². The van der Waals surface area contributed by atoms with Crippen LogP contribution in [-0.2, 0) is 9.59 Å². The molecule has 1 rings (SSSR count). The molecule has 1 aliphatic rings. The summed E-state index contributed by atoms with van der Waals surface area (Å²) in [4.78, 5) is 24.1. The molecule has 0 spiro atoms. The lowest BCUT2D eigenvalue weighted by Gasteiger charge is -2.40. The molecule has 1 heterocycles. The summed E-state index contributed by atoms with van der Waals surface area (Å²) in [7, 11) is 0. The number of carbonyl (C=O) groups is 2. The van der Waals surface area contributed by atoms with Gasteiger partial charge in [0.2, 0.25) is 5.91 Å². The molecule has 0 bridgehead atoms. The van der Waals surface area contributed by atoms with E-state index in [0.29, 0.717) is 5.57 Å². The fourth-order valence-corrected chi connectivity index (χ4v) is 2.45. The molecule has 0 N–H and O–H groups in total. The van der Waals surface area contributed by atoms with Gasteiger partial charge in [-0.2, -0.15) is 0 Å². The van der Waals surface area contributed by atoms with Crippen LogP contribution in [0.5, 0.6) is 0 Å². The van der Waals surface area contributed by atoms with Crippen LogP contribution in [-0.4, -0.2) is 28.2 Å². The van der Waals surface area contributed by atoms with Crippen molar-refractivity contribution in [2.24, 2.45) is 0 Å². The summed E-state index contributed by atoms with van der Waals surface area (Å²) in [6, 6.07) is 0. The molecule has 1 amide bonds. The number of amides is 1. The Bertz CT molecular complexity index is 313. The van der Waals surface area contributed by atoms with E-state index in [9.17, 15) is 9.59 Å². The Balaban J connectivity index is 3.24. The first-order valence-electron chi connectivity index (χ1n) is 4.73. The molecule has 1 aliphatic heterocycles. The second-order valence-electron chi connectivity index (χ2n) is 4.78. The first-order valence-corrected chi connectivity index (χ1v) is 4.73. The summed E-state index contributed by atoms with van der Waals surface area (Å²) in [6.07, 6.45) is 2.70. The first-order chi connectivity index (χ1) is 6.23. The number of carbonyl (C=O) groups excluding carboxylic acids is 2. The SMILES string of the molecule is CC(=O)N1C(C)(C)C=C(C=O)C1(C)C. The van der Waals surface area contributed by atoms with Crippen LogP contribution in [0.1, 0.15) is 34.6 Å². The molecule has 0 atom stereocenters. The van der Waals surface area contributed by atoms with E-state index in [1.54, 1.807) is 4.90 Å². The Labute approximate surface area is 84.8 Å². The Hall–Kier alpha value is -1.12. The predicted octanol–water partition coefficient (Wildman–Crippen LogP) is 1.53. The van der Waals surface area contributed by atoms with E-state index in [2.05, 4.69) is 0 Å². The van der Waals surface area contributed by atoms with Gasteiger partial charge < -0.3 is 4.90 Å². The highest BCUT2D eigenvalue weighted by Crippen LogP contribution is 2.38. The van der Waals surface area contributed by atoms with Crippen molar-refractivity contribution in [3.8, 4) is 0 Å². The van der Waals surface area contributed by atoms with Crippen molar-refractivity contribution in [2.75, 3.05) is 0 Å². The molecule has 3 nitrogen and oxygen atoms in total. The smallest absolute Gasteiger partial charge is 0.220 e. The fourth-order valence-electron chi connectivity index (χ4n) is 2.45. The normalized spacial score (nSPS) is 23.2. The van der Waals surface area contributed by atoms with Crippen LogP contribution in [0.25, 0.3) is 0 Å². The van der Waals surface area contributed by atoms with Gasteiger partial charge in [0.15, 0.2) is 0 Å². The highest BCUT2D eigenvalue weighted by Gasteiger charge is 2.46. The summed E-state index contributed by atoms with van der Waals surface area (Å²) >= 11 is 0. The van der Waals surface area contributed by atoms with Crippen LogP contribution < -0.4 is 0 Å². The van der Waals surface area contributed by atoms with Gasteiger partial charge in [0, 0.05) is 12.5 Å². The van der Waals surface area contributed by atoms with Crippen molar-refractivity contribution in [3.05, 3.63) is 11.6 Å². The monoisotopic (exact) mass is 195 g/mol. The second kappa shape index (κ2) is 2.94. The Morgan fingerprint density at radius 3 is 2.07 bits per heavy atom. The zero-order valence-corrected chi connectivity index (χ0v) is 9.42. The van der Waals surface area contributed by atoms with Gasteiger partial charge in [-0.25, -0.2) is 0 Å². The molecule has 0 aromatic rings. The Morgan fingerprint density at radius 1 is 1.36 bits per heavy atom. The fraction of sp³-hybridized carbons (Fsp3) is 0.636. The first kappa shape index (κ1) is 11.0. The topological polar surface area (TPSA) is 37.4 Å². The summed E-state index contributed by atoms with van der Waals surface area (Å²) in [6.45, 7) is 9.19. The van der Waals surface area contributed by atoms with Crippen molar-refractivity contribution in [2.45, 2.75) is 45.7 Å². The summed E-state index contributed by atoms with van der Waals surface area (Å²) in [5.41, 5.74) is -0.180. The van der Waals surface area contributed by atoms with Crippen molar-refractivity contribution in [1.29, 1.82) is 0 Å². The third kappa shape index (κ3) is 1.37. The Kier molecular flexibility index (Phi) is 2.30. The lowest BCUT2D eigenvalue weighted by molar-refractivity contribution is -0.136. The maximum atomic E-state index is 11.5. The molecule has 0 fully saturated rings. The summed E-state index contributed by atoms with van der Waals surface area (Å²) in [5.74, 6) is -0.00639. The zero-order chi connectivity index (χ0) is 11.1. The molecule has 3 heteroatoms. The Morgan fingerprint density at radius 2 is 1.86 bits per heavy atom. The summed E-state index contributed by atoms with van der Waals surface area (Å²) < 4.78 is 0. The van der Waals surface area contributed by atoms with E-state index in [0.717, 1.165) is 6.29 Å². The quantitative estimate of drug-likeness (QED) is 0.595. The molecule has 0 unspecified atom stereocenters. The molecule has 0 aromatic carbocycles. The van der Waals surface area contributed by atoms with E-state index < -0.39 is 5.54 Å². The van der Waals surface area contributed by atoms with Crippen LogP contribution in [0, 0.1) is 0 Å². The van der Waals surface area contributed by atoms with Crippen molar-refractivity contribution >= 4 is 12.2 Å². The maximum absolute atomic E-state index is 11.5. The number of aldehydes is 1. The van der Waals surface area contributed by atoms with Gasteiger partial charge in [-0.15, -0.1) is 0 Å². The zero-order valence-electron chi connectivity index (χ0n) is 9.42. The number of hydrogen-bond acceptors (Lipinski definition) is 2. The molecule has 0 aliphatic carbocycles. The predicted molar refractivity (Wildman–Crippen MR) is 54.8 cm³/mol. The van der Waals surface area contributed by atoms with Gasteiger partial charge in [0.05, 0.1) is 11.1 Å². The molecule has 78 valence electrons. The van der Waals surface area contributed by atoms with Gasteiger partial charge in [-0.3, -0.25) is 9.59 Å². The van der Waals surface area contributed by atoms with Gasteiger partial charge in [-0.05, 0) is 27.7 Å². The molecule has 14 heavy (non-hydrogen) atoms. The maximum Gasteiger partial charge on any atom is 0.220 e. The lowest BCUT2D eigenvalue weighted by Crippen LogP contribution is -2.52. The standard InChI is InChI=1S/C11H17NO2/c1-8(14)12-10(2,3)6-9(7-13)11(12,4)5/h6-7H,1-5H3. The minimum Gasteiger partial charge on any atom is -0.325 e. The number of hydrogen-bond donors (Lipinski definition) is 0. The molecule has 0 radical (unpaired) electrons. The number of rotatable bonds is 1. The minimum absolute atomic E-state index is 0.00639. The minimum atomic E-state index is -0.489. The lowest BCUT2D eigenvalue weighted by atomic mass is 9.96. The highest BCUT2D eigenvalue weighted by molar-refractivity contribution is 5.85. The summed E-state index contributed by atoms with van der Waals surface area (Å²) in [5, 5.41) is 0. The van der Waals surface area contributed by atoms with E-state index in [1.165, 1.54) is 6.92 Å². The average molecular weight is 195 g/mol. The highest BCUT2D eigenvalue weighted by atomic mass is 16.2. The van der Waals surface area contributed by atoms with Crippen LogP contribution in [0.4, 0.5) is 0 Å². The van der Waals surface area contributed by atoms with Gasteiger partial charge in [0.25, 0.3) is 0 Å². The molecule has 0 saturated heterocycles. The molecule has 0 aromatic heterocycles. The third-order valence-electron chi connectivity index (χ3n) is 2.79. The number of nitrogens with zero attached hydrogens (tertiary/aromatic N) is 1. The molecule has 0 saturated carbocycles.